The van der Waals surface area contributed by atoms with E-state index < -0.39 is 5.41 Å². The summed E-state index contributed by atoms with van der Waals surface area (Å²) < 4.78 is 0.282. The molecule has 0 bridgehead atoms. The molecular weight excluding hydrogens is 270 g/mol. The highest BCUT2D eigenvalue weighted by Gasteiger charge is 2.41. The van der Waals surface area contributed by atoms with Crippen LogP contribution < -0.4 is 0 Å². The molecule has 1 aliphatic carbocycles. The smallest absolute Gasteiger partial charge is 0.138 e. The van der Waals surface area contributed by atoms with Crippen molar-refractivity contribution in [1.82, 2.24) is 0 Å². The van der Waals surface area contributed by atoms with Crippen molar-refractivity contribution in [2.75, 3.05) is 0 Å². The van der Waals surface area contributed by atoms with Crippen LogP contribution in [0.25, 0.3) is 0 Å². The Bertz CT molecular complexity index is 487. The summed E-state index contributed by atoms with van der Waals surface area (Å²) in [6, 6.07) is 3.99. The van der Waals surface area contributed by atoms with E-state index in [2.05, 4.69) is 22.0 Å². The quantitative estimate of drug-likeness (QED) is 0.831. The number of hydrogen-bond acceptors (Lipinski definition) is 3. The number of phenols is 2. The Balaban J connectivity index is 2.63. The van der Waals surface area contributed by atoms with Crippen LogP contribution in [-0.2, 0) is 5.41 Å². The van der Waals surface area contributed by atoms with Gasteiger partial charge in [-0.05, 0) is 53.7 Å². The number of rotatable bonds is 1. The number of nitriles is 1. The zero-order valence-electron chi connectivity index (χ0n) is 8.92. The predicted octanol–water partition coefficient (Wildman–Crippen LogP) is 3.11. The predicted molar refractivity (Wildman–Crippen MR) is 63.4 cm³/mol. The van der Waals surface area contributed by atoms with E-state index in [9.17, 15) is 15.5 Å². The molecule has 3 nitrogen and oxygen atoms in total. The molecule has 0 radical (unpaired) electrons. The molecule has 1 aromatic rings. The average Bonchev–Trinajstić information content (AvgIpc) is 2.21. The third-order valence-electron chi connectivity index (χ3n) is 3.34. The number of halogens is 1. The first-order valence-corrected chi connectivity index (χ1v) is 5.94. The lowest BCUT2D eigenvalue weighted by Crippen LogP contribution is -2.32. The molecule has 0 saturated heterocycles. The third kappa shape index (κ3) is 1.39. The normalized spacial score (nSPS) is 17.6. The molecule has 1 aliphatic rings. The van der Waals surface area contributed by atoms with Crippen molar-refractivity contribution in [2.45, 2.75) is 31.6 Å². The van der Waals surface area contributed by atoms with E-state index in [0.717, 1.165) is 19.3 Å². The molecular formula is C12H12BrNO2. The zero-order chi connectivity index (χ0) is 11.9. The molecule has 0 aliphatic heterocycles. The van der Waals surface area contributed by atoms with Crippen LogP contribution in [-0.4, -0.2) is 10.2 Å². The fourth-order valence-corrected chi connectivity index (χ4v) is 2.62. The first-order chi connectivity index (χ1) is 7.52. The van der Waals surface area contributed by atoms with Gasteiger partial charge in [-0.25, -0.2) is 0 Å². The SMILES string of the molecule is Cc1cc(C2(C#N)CCC2)c(O)c(Br)c1O. The number of aryl methyl sites for hydroxylation is 1. The van der Waals surface area contributed by atoms with Gasteiger partial charge in [0.1, 0.15) is 16.0 Å². The summed E-state index contributed by atoms with van der Waals surface area (Å²) in [6.45, 7) is 1.76. The Morgan fingerprint density at radius 2 is 2.00 bits per heavy atom. The number of hydrogen-bond donors (Lipinski definition) is 2. The van der Waals surface area contributed by atoms with Crippen molar-refractivity contribution in [3.8, 4) is 17.6 Å². The summed E-state index contributed by atoms with van der Waals surface area (Å²) in [6.07, 6.45) is 2.55. The van der Waals surface area contributed by atoms with Crippen molar-refractivity contribution < 1.29 is 10.2 Å². The molecule has 0 amide bonds. The minimum Gasteiger partial charge on any atom is -0.506 e. The van der Waals surface area contributed by atoms with E-state index in [0.29, 0.717) is 11.1 Å². The van der Waals surface area contributed by atoms with E-state index >= 15 is 0 Å². The summed E-state index contributed by atoms with van der Waals surface area (Å²) in [5.41, 5.74) is 0.732. The molecule has 1 saturated carbocycles. The third-order valence-corrected chi connectivity index (χ3v) is 4.09. The van der Waals surface area contributed by atoms with Crippen LogP contribution in [0.4, 0.5) is 0 Å². The first-order valence-electron chi connectivity index (χ1n) is 5.14. The topological polar surface area (TPSA) is 64.2 Å². The molecule has 84 valence electrons. The van der Waals surface area contributed by atoms with Gasteiger partial charge in [0.15, 0.2) is 0 Å². The van der Waals surface area contributed by atoms with Crippen molar-refractivity contribution in [3.05, 3.63) is 21.7 Å². The largest absolute Gasteiger partial charge is 0.506 e. The zero-order valence-corrected chi connectivity index (χ0v) is 10.5. The van der Waals surface area contributed by atoms with Crippen LogP contribution in [0.2, 0.25) is 0 Å². The number of phenolic OH excluding ortho intramolecular Hbond substituents is 2. The molecule has 4 heteroatoms. The molecule has 0 spiro atoms. The van der Waals surface area contributed by atoms with Crippen LogP contribution in [0.3, 0.4) is 0 Å². The van der Waals surface area contributed by atoms with Crippen LogP contribution >= 0.6 is 15.9 Å². The van der Waals surface area contributed by atoms with Crippen molar-refractivity contribution in [2.24, 2.45) is 0 Å². The molecule has 1 fully saturated rings. The van der Waals surface area contributed by atoms with Crippen molar-refractivity contribution >= 4 is 15.9 Å². The Labute approximate surface area is 102 Å². The van der Waals surface area contributed by atoms with Gasteiger partial charge in [0.05, 0.1) is 11.5 Å². The van der Waals surface area contributed by atoms with Crippen molar-refractivity contribution in [3.63, 3.8) is 0 Å². The van der Waals surface area contributed by atoms with Gasteiger partial charge in [-0.15, -0.1) is 0 Å². The Kier molecular flexibility index (Phi) is 2.59. The summed E-state index contributed by atoms with van der Waals surface area (Å²) in [7, 11) is 0. The lowest BCUT2D eigenvalue weighted by molar-refractivity contribution is 0.309. The summed E-state index contributed by atoms with van der Waals surface area (Å²) in [4.78, 5) is 0. The monoisotopic (exact) mass is 281 g/mol. The molecule has 2 N–H and O–H groups in total. The summed E-state index contributed by atoms with van der Waals surface area (Å²) >= 11 is 3.15. The lowest BCUT2D eigenvalue weighted by Gasteiger charge is -2.36. The lowest BCUT2D eigenvalue weighted by atomic mass is 9.65. The van der Waals surface area contributed by atoms with Gasteiger partial charge in [-0.3, -0.25) is 0 Å². The van der Waals surface area contributed by atoms with E-state index in [1.807, 2.05) is 0 Å². The second-order valence-electron chi connectivity index (χ2n) is 4.30. The van der Waals surface area contributed by atoms with Crippen LogP contribution in [0.15, 0.2) is 10.5 Å². The van der Waals surface area contributed by atoms with Gasteiger partial charge < -0.3 is 10.2 Å². The maximum atomic E-state index is 9.98. The second-order valence-corrected chi connectivity index (χ2v) is 5.09. The van der Waals surface area contributed by atoms with Gasteiger partial charge in [0.25, 0.3) is 0 Å². The van der Waals surface area contributed by atoms with Gasteiger partial charge in [0.2, 0.25) is 0 Å². The van der Waals surface area contributed by atoms with Crippen LogP contribution in [0.1, 0.15) is 30.4 Å². The molecule has 1 aromatic carbocycles. The minimum atomic E-state index is -0.564. The maximum Gasteiger partial charge on any atom is 0.138 e. The minimum absolute atomic E-state index is 0.00986. The summed E-state index contributed by atoms with van der Waals surface area (Å²) in [5, 5.41) is 28.9. The van der Waals surface area contributed by atoms with E-state index in [1.165, 1.54) is 0 Å². The molecule has 0 unspecified atom stereocenters. The molecule has 16 heavy (non-hydrogen) atoms. The van der Waals surface area contributed by atoms with Crippen LogP contribution in [0.5, 0.6) is 11.5 Å². The summed E-state index contributed by atoms with van der Waals surface area (Å²) in [5.74, 6) is 0.0259. The van der Waals surface area contributed by atoms with Crippen LogP contribution in [0, 0.1) is 18.3 Å². The average molecular weight is 282 g/mol. The molecule has 2 rings (SSSR count). The van der Waals surface area contributed by atoms with Gasteiger partial charge in [-0.2, -0.15) is 5.26 Å². The van der Waals surface area contributed by atoms with Crippen molar-refractivity contribution in [1.29, 1.82) is 5.26 Å². The molecule has 0 atom stereocenters. The number of nitrogens with zero attached hydrogens (tertiary/aromatic N) is 1. The number of aromatic hydroxyl groups is 2. The van der Waals surface area contributed by atoms with Gasteiger partial charge in [-0.1, -0.05) is 0 Å². The fraction of sp³-hybridized carbons (Fsp3) is 0.417. The maximum absolute atomic E-state index is 9.98. The second kappa shape index (κ2) is 3.67. The van der Waals surface area contributed by atoms with E-state index in [-0.39, 0.29) is 16.0 Å². The Morgan fingerprint density at radius 3 is 2.44 bits per heavy atom. The highest BCUT2D eigenvalue weighted by Crippen LogP contribution is 2.50. The molecule has 0 heterocycles. The first kappa shape index (κ1) is 11.3. The molecule has 0 aromatic heterocycles. The highest BCUT2D eigenvalue weighted by molar-refractivity contribution is 9.10. The Morgan fingerprint density at radius 1 is 1.38 bits per heavy atom. The number of benzene rings is 1. The Hall–Kier alpha value is -1.21. The van der Waals surface area contributed by atoms with E-state index in [4.69, 9.17) is 0 Å². The fourth-order valence-electron chi connectivity index (χ4n) is 2.09. The highest BCUT2D eigenvalue weighted by atomic mass is 79.9. The van der Waals surface area contributed by atoms with Gasteiger partial charge >= 0.3 is 0 Å². The van der Waals surface area contributed by atoms with E-state index in [1.54, 1.807) is 13.0 Å². The standard InChI is InChI=1S/C12H12BrNO2/c1-7-5-8(11(16)9(13)10(7)15)12(6-14)3-2-4-12/h5,15-16H,2-4H2,1H3. The van der Waals surface area contributed by atoms with Gasteiger partial charge in [0, 0.05) is 5.56 Å².